The average Bonchev–Trinajstić information content (AvgIpc) is 2.35. The number of carboxylic acid groups (broad SMARTS) is 1. The molecule has 1 N–H and O–H groups in total. The lowest BCUT2D eigenvalue weighted by atomic mass is 10.1. The molecular weight excluding hydrogens is 250 g/mol. The first kappa shape index (κ1) is 14.8. The summed E-state index contributed by atoms with van der Waals surface area (Å²) in [5, 5.41) is 9.69. The first-order valence-corrected chi connectivity index (χ1v) is 6.65. The van der Waals surface area contributed by atoms with Gasteiger partial charge in [-0.15, -0.1) is 0 Å². The van der Waals surface area contributed by atoms with E-state index >= 15 is 0 Å². The molecule has 1 aromatic carbocycles. The van der Waals surface area contributed by atoms with Gasteiger partial charge in [0.1, 0.15) is 0 Å². The number of hydrogen-bond acceptors (Lipinski definition) is 2. The van der Waals surface area contributed by atoms with E-state index < -0.39 is 5.97 Å². The fourth-order valence-electron chi connectivity index (χ4n) is 1.86. The van der Waals surface area contributed by atoms with Crippen LogP contribution in [0.4, 0.5) is 5.69 Å². The molecule has 1 unspecified atom stereocenters. The molecule has 0 spiro atoms. The Balaban J connectivity index is 3.08. The van der Waals surface area contributed by atoms with Crippen molar-refractivity contribution in [1.29, 1.82) is 0 Å². The molecule has 0 saturated heterocycles. The minimum Gasteiger partial charge on any atom is -0.478 e. The topological polar surface area (TPSA) is 40.5 Å². The van der Waals surface area contributed by atoms with Crippen molar-refractivity contribution in [1.82, 2.24) is 0 Å². The quantitative estimate of drug-likeness (QED) is 0.851. The Kier molecular flexibility index (Phi) is 5.48. The largest absolute Gasteiger partial charge is 0.478 e. The number of carboxylic acids is 1. The van der Waals surface area contributed by atoms with Crippen molar-refractivity contribution in [3.63, 3.8) is 0 Å². The van der Waals surface area contributed by atoms with Crippen molar-refractivity contribution in [2.24, 2.45) is 5.92 Å². The smallest absolute Gasteiger partial charge is 0.337 e. The Labute approximate surface area is 113 Å². The number of nitrogens with zero attached hydrogens (tertiary/aromatic N) is 1. The SMILES string of the molecule is CCC(C)CN(CC)c1ccc(Cl)cc1C(=O)O. The molecule has 3 nitrogen and oxygen atoms in total. The third-order valence-electron chi connectivity index (χ3n) is 3.14. The van der Waals surface area contributed by atoms with Gasteiger partial charge in [0.2, 0.25) is 0 Å². The lowest BCUT2D eigenvalue weighted by molar-refractivity contribution is 0.0697. The number of hydrogen-bond donors (Lipinski definition) is 1. The number of carbonyl (C=O) groups is 1. The molecule has 0 aromatic heterocycles. The van der Waals surface area contributed by atoms with Gasteiger partial charge in [0.15, 0.2) is 0 Å². The van der Waals surface area contributed by atoms with Crippen LogP contribution in [0.15, 0.2) is 18.2 Å². The molecule has 0 aliphatic heterocycles. The molecule has 1 aromatic rings. The van der Waals surface area contributed by atoms with Gasteiger partial charge >= 0.3 is 5.97 Å². The van der Waals surface area contributed by atoms with Crippen LogP contribution in [0.1, 0.15) is 37.6 Å². The van der Waals surface area contributed by atoms with Gasteiger partial charge in [-0.2, -0.15) is 0 Å². The van der Waals surface area contributed by atoms with E-state index in [2.05, 4.69) is 18.7 Å². The van der Waals surface area contributed by atoms with Crippen molar-refractivity contribution in [2.75, 3.05) is 18.0 Å². The summed E-state index contributed by atoms with van der Waals surface area (Å²) in [5.41, 5.74) is 1.02. The van der Waals surface area contributed by atoms with Crippen molar-refractivity contribution >= 4 is 23.3 Å². The monoisotopic (exact) mass is 269 g/mol. The summed E-state index contributed by atoms with van der Waals surface area (Å²) >= 11 is 5.86. The van der Waals surface area contributed by atoms with Gasteiger partial charge in [-0.3, -0.25) is 0 Å². The van der Waals surface area contributed by atoms with Crippen LogP contribution in [-0.4, -0.2) is 24.2 Å². The maximum Gasteiger partial charge on any atom is 0.337 e. The van der Waals surface area contributed by atoms with Crippen LogP contribution in [0.5, 0.6) is 0 Å². The van der Waals surface area contributed by atoms with Crippen molar-refractivity contribution in [2.45, 2.75) is 27.2 Å². The molecule has 4 heteroatoms. The zero-order valence-electron chi connectivity index (χ0n) is 11.1. The maximum atomic E-state index is 11.3. The van der Waals surface area contributed by atoms with E-state index in [0.29, 0.717) is 10.9 Å². The fourth-order valence-corrected chi connectivity index (χ4v) is 2.03. The molecule has 0 fully saturated rings. The summed E-state index contributed by atoms with van der Waals surface area (Å²) in [4.78, 5) is 13.4. The zero-order chi connectivity index (χ0) is 13.7. The van der Waals surface area contributed by atoms with Crippen LogP contribution in [0.25, 0.3) is 0 Å². The zero-order valence-corrected chi connectivity index (χ0v) is 11.9. The van der Waals surface area contributed by atoms with Crippen molar-refractivity contribution < 1.29 is 9.90 Å². The van der Waals surface area contributed by atoms with E-state index in [4.69, 9.17) is 11.6 Å². The molecule has 0 amide bonds. The van der Waals surface area contributed by atoms with Crippen LogP contribution in [0.3, 0.4) is 0 Å². The Morgan fingerprint density at radius 1 is 1.44 bits per heavy atom. The summed E-state index contributed by atoms with van der Waals surface area (Å²) in [6.07, 6.45) is 1.08. The summed E-state index contributed by atoms with van der Waals surface area (Å²) in [6.45, 7) is 7.97. The maximum absolute atomic E-state index is 11.3. The normalized spacial score (nSPS) is 12.2. The second-order valence-electron chi connectivity index (χ2n) is 4.52. The molecule has 1 rings (SSSR count). The highest BCUT2D eigenvalue weighted by Crippen LogP contribution is 2.25. The first-order valence-electron chi connectivity index (χ1n) is 6.27. The highest BCUT2D eigenvalue weighted by molar-refractivity contribution is 6.31. The second kappa shape index (κ2) is 6.64. The van der Waals surface area contributed by atoms with E-state index in [9.17, 15) is 9.90 Å². The van der Waals surface area contributed by atoms with E-state index in [-0.39, 0.29) is 5.56 Å². The van der Waals surface area contributed by atoms with Crippen LogP contribution in [-0.2, 0) is 0 Å². The molecule has 0 bridgehead atoms. The van der Waals surface area contributed by atoms with E-state index in [1.165, 1.54) is 6.07 Å². The third-order valence-corrected chi connectivity index (χ3v) is 3.38. The highest BCUT2D eigenvalue weighted by atomic mass is 35.5. The second-order valence-corrected chi connectivity index (χ2v) is 4.96. The molecule has 100 valence electrons. The van der Waals surface area contributed by atoms with Gasteiger partial charge in [0.05, 0.1) is 11.3 Å². The minimum atomic E-state index is -0.935. The molecule has 0 aliphatic carbocycles. The highest BCUT2D eigenvalue weighted by Gasteiger charge is 2.16. The Morgan fingerprint density at radius 2 is 2.11 bits per heavy atom. The predicted molar refractivity (Wildman–Crippen MR) is 75.8 cm³/mol. The van der Waals surface area contributed by atoms with E-state index in [1.54, 1.807) is 12.1 Å². The predicted octanol–water partition coefficient (Wildman–Crippen LogP) is 3.91. The van der Waals surface area contributed by atoms with Gasteiger partial charge in [-0.1, -0.05) is 31.9 Å². The summed E-state index contributed by atoms with van der Waals surface area (Å²) < 4.78 is 0. The molecule has 0 saturated carbocycles. The van der Waals surface area contributed by atoms with Crippen LogP contribution in [0, 0.1) is 5.92 Å². The molecular formula is C14H20ClNO2. The number of rotatable bonds is 6. The summed E-state index contributed by atoms with van der Waals surface area (Å²) in [7, 11) is 0. The van der Waals surface area contributed by atoms with E-state index in [1.807, 2.05) is 6.92 Å². The van der Waals surface area contributed by atoms with E-state index in [0.717, 1.165) is 25.2 Å². The Bertz CT molecular complexity index is 420. The average molecular weight is 270 g/mol. The van der Waals surface area contributed by atoms with Crippen LogP contribution in [0.2, 0.25) is 5.02 Å². The fraction of sp³-hybridized carbons (Fsp3) is 0.500. The van der Waals surface area contributed by atoms with Gasteiger partial charge in [-0.25, -0.2) is 4.79 Å². The van der Waals surface area contributed by atoms with Gasteiger partial charge in [-0.05, 0) is 31.0 Å². The number of anilines is 1. The standard InChI is InChI=1S/C14H20ClNO2/c1-4-10(3)9-16(5-2)13-7-6-11(15)8-12(13)14(17)18/h6-8,10H,4-5,9H2,1-3H3,(H,17,18). The van der Waals surface area contributed by atoms with Gasteiger partial charge in [0, 0.05) is 18.1 Å². The van der Waals surface area contributed by atoms with Crippen molar-refractivity contribution in [3.8, 4) is 0 Å². The molecule has 1 atom stereocenters. The first-order chi connectivity index (χ1) is 8.49. The summed E-state index contributed by atoms with van der Waals surface area (Å²) in [5.74, 6) is -0.405. The Morgan fingerprint density at radius 3 is 2.61 bits per heavy atom. The molecule has 0 heterocycles. The number of aromatic carboxylic acids is 1. The number of halogens is 1. The lowest BCUT2D eigenvalue weighted by Crippen LogP contribution is -2.29. The van der Waals surface area contributed by atoms with Gasteiger partial charge < -0.3 is 10.0 Å². The van der Waals surface area contributed by atoms with Gasteiger partial charge in [0.25, 0.3) is 0 Å². The molecule has 0 radical (unpaired) electrons. The minimum absolute atomic E-state index is 0.271. The van der Waals surface area contributed by atoms with Crippen molar-refractivity contribution in [3.05, 3.63) is 28.8 Å². The number of benzene rings is 1. The Hall–Kier alpha value is -1.22. The van der Waals surface area contributed by atoms with Crippen LogP contribution < -0.4 is 4.90 Å². The molecule has 0 aliphatic rings. The third kappa shape index (κ3) is 3.64. The molecule has 18 heavy (non-hydrogen) atoms. The van der Waals surface area contributed by atoms with Crippen LogP contribution >= 0.6 is 11.6 Å². The lowest BCUT2D eigenvalue weighted by Gasteiger charge is -2.27. The summed E-state index contributed by atoms with van der Waals surface area (Å²) in [6, 6.07) is 5.04.